The van der Waals surface area contributed by atoms with Gasteiger partial charge in [0.05, 0.1) is 18.0 Å². The third-order valence-corrected chi connectivity index (χ3v) is 3.64. The summed E-state index contributed by atoms with van der Waals surface area (Å²) in [5.74, 6) is 0.275. The molecule has 3 aromatic rings. The Kier molecular flexibility index (Phi) is 3.62. The maximum atomic E-state index is 11.9. The first-order valence-electron chi connectivity index (χ1n) is 6.29. The van der Waals surface area contributed by atoms with Gasteiger partial charge in [-0.15, -0.1) is 0 Å². The highest BCUT2D eigenvalue weighted by molar-refractivity contribution is 9.10. The minimum absolute atomic E-state index is 0.293. The van der Waals surface area contributed by atoms with Crippen molar-refractivity contribution in [3.05, 3.63) is 58.1 Å². The van der Waals surface area contributed by atoms with Crippen LogP contribution in [-0.2, 0) is 0 Å². The highest BCUT2D eigenvalue weighted by Crippen LogP contribution is 2.21. The van der Waals surface area contributed by atoms with Gasteiger partial charge in [0.15, 0.2) is 0 Å². The summed E-state index contributed by atoms with van der Waals surface area (Å²) in [5.41, 5.74) is 4.88. The molecular formula is C15H12BrN3O2. The van der Waals surface area contributed by atoms with Crippen LogP contribution in [0.2, 0.25) is 0 Å². The first-order valence-corrected chi connectivity index (χ1v) is 7.08. The number of halogens is 1. The lowest BCUT2D eigenvalue weighted by atomic mass is 10.2. The van der Waals surface area contributed by atoms with Crippen LogP contribution < -0.4 is 5.43 Å². The maximum Gasteiger partial charge on any atom is 0.274 e. The van der Waals surface area contributed by atoms with E-state index in [1.807, 2.05) is 24.4 Å². The zero-order valence-electron chi connectivity index (χ0n) is 11.2. The Balaban J connectivity index is 1.78. The van der Waals surface area contributed by atoms with Crippen LogP contribution in [0.4, 0.5) is 0 Å². The number of fused-ring (bicyclic) bond motifs is 1. The van der Waals surface area contributed by atoms with Gasteiger partial charge in [-0.1, -0.05) is 15.9 Å². The van der Waals surface area contributed by atoms with Gasteiger partial charge in [0.1, 0.15) is 5.76 Å². The van der Waals surface area contributed by atoms with E-state index >= 15 is 0 Å². The third kappa shape index (κ3) is 2.75. The van der Waals surface area contributed by atoms with Gasteiger partial charge in [-0.25, -0.2) is 5.43 Å². The predicted octanol–water partition coefficient (Wildman–Crippen LogP) is 3.60. The van der Waals surface area contributed by atoms with E-state index in [-0.39, 0.29) is 5.91 Å². The van der Waals surface area contributed by atoms with Crippen molar-refractivity contribution in [3.8, 4) is 0 Å². The summed E-state index contributed by atoms with van der Waals surface area (Å²) < 4.78 is 6.07. The number of nitrogens with one attached hydrogen (secondary N) is 2. The van der Waals surface area contributed by atoms with E-state index in [4.69, 9.17) is 4.42 Å². The lowest BCUT2D eigenvalue weighted by molar-refractivity contribution is 0.0953. The number of furan rings is 1. The van der Waals surface area contributed by atoms with E-state index in [2.05, 4.69) is 31.4 Å². The van der Waals surface area contributed by atoms with Crippen molar-refractivity contribution in [3.63, 3.8) is 0 Å². The maximum absolute atomic E-state index is 11.9. The van der Waals surface area contributed by atoms with E-state index in [9.17, 15) is 4.79 Å². The summed E-state index contributed by atoms with van der Waals surface area (Å²) >= 11 is 3.44. The van der Waals surface area contributed by atoms with Crippen LogP contribution in [0.5, 0.6) is 0 Å². The number of rotatable bonds is 3. The summed E-state index contributed by atoms with van der Waals surface area (Å²) in [5, 5.41) is 5.02. The summed E-state index contributed by atoms with van der Waals surface area (Å²) in [6.45, 7) is 1.73. The highest BCUT2D eigenvalue weighted by atomic mass is 79.9. The van der Waals surface area contributed by atoms with Crippen molar-refractivity contribution >= 4 is 39.0 Å². The molecule has 21 heavy (non-hydrogen) atoms. The smallest absolute Gasteiger partial charge is 0.274 e. The monoisotopic (exact) mass is 345 g/mol. The van der Waals surface area contributed by atoms with Gasteiger partial charge < -0.3 is 9.40 Å². The van der Waals surface area contributed by atoms with E-state index < -0.39 is 0 Å². The number of carbonyl (C=O) groups excluding carboxylic acids is 1. The predicted molar refractivity (Wildman–Crippen MR) is 84.5 cm³/mol. The molecule has 0 unspecified atom stereocenters. The Morgan fingerprint density at radius 3 is 3.05 bits per heavy atom. The molecule has 1 aromatic carbocycles. The van der Waals surface area contributed by atoms with Gasteiger partial charge in [0.2, 0.25) is 0 Å². The molecule has 2 aromatic heterocycles. The molecule has 0 saturated carbocycles. The largest absolute Gasteiger partial charge is 0.469 e. The number of amides is 1. The molecule has 0 aliphatic rings. The zero-order chi connectivity index (χ0) is 14.8. The standard InChI is InChI=1S/C15H12BrN3O2/c1-9-12(4-5-21-9)15(20)19-18-8-10-7-17-14-3-2-11(16)6-13(10)14/h2-8,17H,1H3,(H,19,20)/b18-8+. The summed E-state index contributed by atoms with van der Waals surface area (Å²) in [7, 11) is 0. The van der Waals surface area contributed by atoms with Crippen LogP contribution in [-0.4, -0.2) is 17.1 Å². The molecule has 0 atom stereocenters. The molecule has 5 nitrogen and oxygen atoms in total. The lowest BCUT2D eigenvalue weighted by Crippen LogP contribution is -2.17. The topological polar surface area (TPSA) is 70.4 Å². The normalized spacial score (nSPS) is 11.3. The molecule has 2 N–H and O–H groups in total. The molecular weight excluding hydrogens is 334 g/mol. The minimum Gasteiger partial charge on any atom is -0.469 e. The Labute approximate surface area is 129 Å². The SMILES string of the molecule is Cc1occc1C(=O)N/N=C/c1c[nH]c2ccc(Br)cc12. The lowest BCUT2D eigenvalue weighted by Gasteiger charge is -1.97. The summed E-state index contributed by atoms with van der Waals surface area (Å²) in [6.07, 6.45) is 4.93. The van der Waals surface area contributed by atoms with E-state index in [0.717, 1.165) is 20.9 Å². The van der Waals surface area contributed by atoms with Gasteiger partial charge in [0.25, 0.3) is 5.91 Å². The quantitative estimate of drug-likeness (QED) is 0.562. The first-order chi connectivity index (χ1) is 10.1. The number of carbonyl (C=O) groups is 1. The fraction of sp³-hybridized carbons (Fsp3) is 0.0667. The van der Waals surface area contributed by atoms with Gasteiger partial charge in [-0.2, -0.15) is 5.10 Å². The van der Waals surface area contributed by atoms with E-state index in [1.54, 1.807) is 19.2 Å². The molecule has 6 heteroatoms. The van der Waals surface area contributed by atoms with E-state index in [0.29, 0.717) is 11.3 Å². The average molecular weight is 346 g/mol. The van der Waals surface area contributed by atoms with Crippen LogP contribution in [0.15, 0.2) is 50.7 Å². The zero-order valence-corrected chi connectivity index (χ0v) is 12.8. The Morgan fingerprint density at radius 2 is 2.29 bits per heavy atom. The van der Waals surface area contributed by atoms with Crippen molar-refractivity contribution in [1.82, 2.24) is 10.4 Å². The van der Waals surface area contributed by atoms with Crippen molar-refractivity contribution in [2.45, 2.75) is 6.92 Å². The number of aromatic nitrogens is 1. The van der Waals surface area contributed by atoms with Crippen LogP contribution in [0, 0.1) is 6.92 Å². The van der Waals surface area contributed by atoms with Gasteiger partial charge in [0, 0.05) is 27.1 Å². The molecule has 106 valence electrons. The molecule has 0 aliphatic carbocycles. The first kappa shape index (κ1) is 13.6. The highest BCUT2D eigenvalue weighted by Gasteiger charge is 2.10. The molecule has 3 rings (SSSR count). The average Bonchev–Trinajstić information content (AvgIpc) is 3.05. The number of hydrogen-bond acceptors (Lipinski definition) is 3. The third-order valence-electron chi connectivity index (χ3n) is 3.15. The number of aryl methyl sites for hydroxylation is 1. The second-order valence-corrected chi connectivity index (χ2v) is 5.44. The Bertz CT molecular complexity index is 832. The number of benzene rings is 1. The molecule has 0 bridgehead atoms. The molecule has 0 saturated heterocycles. The molecule has 0 spiro atoms. The number of hydrazone groups is 1. The molecule has 0 fully saturated rings. The minimum atomic E-state index is -0.293. The van der Waals surface area contributed by atoms with Crippen molar-refractivity contribution < 1.29 is 9.21 Å². The Hall–Kier alpha value is -2.34. The number of H-pyrrole nitrogens is 1. The molecule has 1 amide bonds. The van der Waals surface area contributed by atoms with Crippen molar-refractivity contribution in [2.75, 3.05) is 0 Å². The second-order valence-electron chi connectivity index (χ2n) is 4.52. The number of nitrogens with zero attached hydrogens (tertiary/aromatic N) is 1. The number of aromatic amines is 1. The van der Waals surface area contributed by atoms with Gasteiger partial charge in [-0.3, -0.25) is 4.79 Å². The molecule has 0 aliphatic heterocycles. The fourth-order valence-corrected chi connectivity index (χ4v) is 2.42. The molecule has 2 heterocycles. The molecule has 0 radical (unpaired) electrons. The number of hydrogen-bond donors (Lipinski definition) is 2. The van der Waals surface area contributed by atoms with Crippen LogP contribution in [0.25, 0.3) is 10.9 Å². The van der Waals surface area contributed by atoms with Crippen molar-refractivity contribution in [2.24, 2.45) is 5.10 Å². The van der Waals surface area contributed by atoms with Crippen LogP contribution in [0.1, 0.15) is 21.7 Å². The fourth-order valence-electron chi connectivity index (χ4n) is 2.06. The summed E-state index contributed by atoms with van der Waals surface area (Å²) in [4.78, 5) is 15.0. The van der Waals surface area contributed by atoms with Crippen LogP contribution >= 0.6 is 15.9 Å². The van der Waals surface area contributed by atoms with Gasteiger partial charge >= 0.3 is 0 Å². The second kappa shape index (κ2) is 5.57. The van der Waals surface area contributed by atoms with Crippen LogP contribution in [0.3, 0.4) is 0 Å². The van der Waals surface area contributed by atoms with E-state index in [1.165, 1.54) is 6.26 Å². The van der Waals surface area contributed by atoms with Crippen molar-refractivity contribution in [1.29, 1.82) is 0 Å². The Morgan fingerprint density at radius 1 is 1.43 bits per heavy atom. The van der Waals surface area contributed by atoms with Gasteiger partial charge in [-0.05, 0) is 31.2 Å². The summed E-state index contributed by atoms with van der Waals surface area (Å²) in [6, 6.07) is 7.55.